The summed E-state index contributed by atoms with van der Waals surface area (Å²) in [6, 6.07) is 36.1. The van der Waals surface area contributed by atoms with Crippen molar-refractivity contribution in [3.05, 3.63) is 144 Å². The molecule has 0 atom stereocenters. The number of nitrogens with zero attached hydrogens (tertiary/aromatic N) is 4. The van der Waals surface area contributed by atoms with Crippen LogP contribution in [0.1, 0.15) is 22.3 Å². The van der Waals surface area contributed by atoms with Gasteiger partial charge in [-0.05, 0) is 12.1 Å². The van der Waals surface area contributed by atoms with Gasteiger partial charge in [-0.15, -0.1) is 10.2 Å². The summed E-state index contributed by atoms with van der Waals surface area (Å²) in [5.74, 6) is 0. The molecule has 6 heteroatoms. The van der Waals surface area contributed by atoms with E-state index >= 15 is 0 Å². The maximum atomic E-state index is 4.68. The number of nitrogens with one attached hydrogen (secondary N) is 2. The molecule has 0 aliphatic rings. The number of fused-ring (bicyclic) bond motifs is 2. The van der Waals surface area contributed by atoms with Gasteiger partial charge in [0.05, 0.1) is 12.4 Å². The zero-order chi connectivity index (χ0) is 25.6. The Morgan fingerprint density at radius 3 is 1.32 bits per heavy atom. The average molecular weight is 493 g/mol. The van der Waals surface area contributed by atoms with Crippen molar-refractivity contribution in [1.29, 1.82) is 0 Å². The highest BCUT2D eigenvalue weighted by atomic mass is 15.2. The van der Waals surface area contributed by atoms with Gasteiger partial charge in [0.2, 0.25) is 0 Å². The Kier molecular flexibility index (Phi) is 6.51. The van der Waals surface area contributed by atoms with Crippen LogP contribution in [-0.2, 0) is 0 Å². The molecule has 182 valence electrons. The van der Waals surface area contributed by atoms with Crippen molar-refractivity contribution >= 4 is 45.7 Å². The second-order valence-corrected chi connectivity index (χ2v) is 8.70. The second kappa shape index (κ2) is 10.7. The van der Waals surface area contributed by atoms with Gasteiger partial charge in [0.1, 0.15) is 11.4 Å². The molecular formula is C32H24N6. The van der Waals surface area contributed by atoms with E-state index in [0.717, 1.165) is 44.1 Å². The Bertz CT molecular complexity index is 1670. The van der Waals surface area contributed by atoms with Crippen molar-refractivity contribution in [3.63, 3.8) is 0 Å². The minimum atomic E-state index is 0.629. The highest BCUT2D eigenvalue weighted by molar-refractivity contribution is 6.53. The van der Waals surface area contributed by atoms with Crippen LogP contribution >= 0.6 is 0 Å². The van der Waals surface area contributed by atoms with Gasteiger partial charge in [-0.1, -0.05) is 97.1 Å². The molecule has 6 aromatic rings. The van der Waals surface area contributed by atoms with Crippen molar-refractivity contribution in [2.75, 3.05) is 0 Å². The van der Waals surface area contributed by atoms with Crippen molar-refractivity contribution in [3.8, 4) is 0 Å². The molecule has 0 amide bonds. The molecule has 0 spiro atoms. The van der Waals surface area contributed by atoms with Crippen molar-refractivity contribution in [2.24, 2.45) is 20.4 Å². The molecule has 2 aromatic heterocycles. The van der Waals surface area contributed by atoms with Crippen LogP contribution in [0.4, 0.5) is 0 Å². The second-order valence-electron chi connectivity index (χ2n) is 8.70. The third kappa shape index (κ3) is 4.83. The van der Waals surface area contributed by atoms with E-state index in [2.05, 4.69) is 42.5 Å². The molecule has 0 unspecified atom stereocenters. The van der Waals surface area contributed by atoms with Gasteiger partial charge >= 0.3 is 0 Å². The fraction of sp³-hybridized carbons (Fsp3) is 0. The number of rotatable bonds is 7. The maximum absolute atomic E-state index is 4.68. The summed E-state index contributed by atoms with van der Waals surface area (Å²) < 4.78 is 0. The van der Waals surface area contributed by atoms with Crippen LogP contribution in [0.15, 0.2) is 142 Å². The Balaban J connectivity index is 1.43. The van der Waals surface area contributed by atoms with Crippen LogP contribution in [0.5, 0.6) is 0 Å². The van der Waals surface area contributed by atoms with Crippen LogP contribution in [0, 0.1) is 0 Å². The Morgan fingerprint density at radius 2 is 0.868 bits per heavy atom. The monoisotopic (exact) mass is 492 g/mol. The minimum absolute atomic E-state index is 0.629. The molecule has 0 aliphatic carbocycles. The van der Waals surface area contributed by atoms with Crippen LogP contribution in [-0.4, -0.2) is 33.8 Å². The fourth-order valence-corrected chi connectivity index (χ4v) is 4.37. The highest BCUT2D eigenvalue weighted by Gasteiger charge is 2.15. The van der Waals surface area contributed by atoms with Crippen LogP contribution in [0.25, 0.3) is 21.8 Å². The van der Waals surface area contributed by atoms with Crippen molar-refractivity contribution < 1.29 is 0 Å². The lowest BCUT2D eigenvalue weighted by Gasteiger charge is -2.08. The van der Waals surface area contributed by atoms with Gasteiger partial charge in [-0.3, -0.25) is 0 Å². The van der Waals surface area contributed by atoms with E-state index in [1.165, 1.54) is 0 Å². The van der Waals surface area contributed by atoms with E-state index in [-0.39, 0.29) is 0 Å². The molecular weight excluding hydrogens is 468 g/mol. The first-order chi connectivity index (χ1) is 18.9. The van der Waals surface area contributed by atoms with Crippen LogP contribution in [0.3, 0.4) is 0 Å². The fourth-order valence-electron chi connectivity index (χ4n) is 4.37. The molecule has 2 heterocycles. The third-order valence-electron chi connectivity index (χ3n) is 6.27. The van der Waals surface area contributed by atoms with Gasteiger partial charge in [0, 0.05) is 56.5 Å². The Morgan fingerprint density at radius 1 is 0.474 bits per heavy atom. The van der Waals surface area contributed by atoms with E-state index in [1.807, 2.05) is 109 Å². The molecule has 0 saturated carbocycles. The smallest absolute Gasteiger partial charge is 0.121 e. The molecule has 6 rings (SSSR count). The number of benzene rings is 4. The van der Waals surface area contributed by atoms with Gasteiger partial charge in [0.25, 0.3) is 0 Å². The minimum Gasteiger partial charge on any atom is -0.361 e. The standard InChI is InChI=1S/C32H24N6/c1-3-11-23(12-4-1)31(37-35-21-25-19-33-29-17-9-7-15-27(25)29)32(24-13-5-2-6-14-24)38-36-22-26-20-34-30-18-10-8-16-28(26)30/h1-22,33-34H/b35-21+,36-22+,37-31-,38-32-. The van der Waals surface area contributed by atoms with Gasteiger partial charge in [-0.2, -0.15) is 10.2 Å². The number of hydrogen-bond donors (Lipinski definition) is 2. The quantitative estimate of drug-likeness (QED) is 0.178. The molecule has 4 aromatic carbocycles. The highest BCUT2D eigenvalue weighted by Crippen LogP contribution is 2.18. The van der Waals surface area contributed by atoms with Crippen molar-refractivity contribution in [1.82, 2.24) is 9.97 Å². The first-order valence-electron chi connectivity index (χ1n) is 12.3. The summed E-state index contributed by atoms with van der Waals surface area (Å²) in [4.78, 5) is 6.55. The molecule has 38 heavy (non-hydrogen) atoms. The Hall–Kier alpha value is -5.36. The number of para-hydroxylation sites is 2. The molecule has 0 fully saturated rings. The summed E-state index contributed by atoms with van der Waals surface area (Å²) >= 11 is 0. The summed E-state index contributed by atoms with van der Waals surface area (Å²) in [7, 11) is 0. The summed E-state index contributed by atoms with van der Waals surface area (Å²) in [6.07, 6.45) is 7.40. The lowest BCUT2D eigenvalue weighted by molar-refractivity contribution is 1.23. The van der Waals surface area contributed by atoms with E-state index in [4.69, 9.17) is 0 Å². The zero-order valence-electron chi connectivity index (χ0n) is 20.5. The lowest BCUT2D eigenvalue weighted by Crippen LogP contribution is -2.17. The van der Waals surface area contributed by atoms with Gasteiger partial charge < -0.3 is 9.97 Å². The zero-order valence-corrected chi connectivity index (χ0v) is 20.5. The van der Waals surface area contributed by atoms with Gasteiger partial charge in [0.15, 0.2) is 0 Å². The Labute approximate surface area is 219 Å². The number of hydrogen-bond acceptors (Lipinski definition) is 4. The topological polar surface area (TPSA) is 81.0 Å². The first kappa shape index (κ1) is 23.1. The molecule has 0 radical (unpaired) electrons. The van der Waals surface area contributed by atoms with E-state index in [0.29, 0.717) is 11.4 Å². The molecule has 0 aliphatic heterocycles. The predicted molar refractivity (Wildman–Crippen MR) is 158 cm³/mol. The normalized spacial score (nSPS) is 12.8. The van der Waals surface area contributed by atoms with E-state index in [9.17, 15) is 0 Å². The predicted octanol–water partition coefficient (Wildman–Crippen LogP) is 7.00. The summed E-state index contributed by atoms with van der Waals surface area (Å²) in [6.45, 7) is 0. The van der Waals surface area contributed by atoms with Crippen LogP contribution in [0.2, 0.25) is 0 Å². The lowest BCUT2D eigenvalue weighted by atomic mass is 10.00. The largest absolute Gasteiger partial charge is 0.361 e. The average Bonchev–Trinajstić information content (AvgIpc) is 3.59. The van der Waals surface area contributed by atoms with Crippen LogP contribution < -0.4 is 0 Å². The molecule has 6 nitrogen and oxygen atoms in total. The van der Waals surface area contributed by atoms with E-state index in [1.54, 1.807) is 12.4 Å². The SMILES string of the molecule is C(=N/N=C(\C(=N/N=C/c1c[nH]c2ccccc12)c1ccccc1)c1ccccc1)\c1c[nH]c2ccccc12. The number of aromatic nitrogens is 2. The third-order valence-corrected chi connectivity index (χ3v) is 6.27. The first-order valence-corrected chi connectivity index (χ1v) is 12.3. The van der Waals surface area contributed by atoms with Gasteiger partial charge in [-0.25, -0.2) is 0 Å². The molecule has 0 bridgehead atoms. The number of aromatic amines is 2. The number of H-pyrrole nitrogens is 2. The summed E-state index contributed by atoms with van der Waals surface area (Å²) in [5, 5.41) is 20.5. The molecule has 0 saturated heterocycles. The van der Waals surface area contributed by atoms with E-state index < -0.39 is 0 Å². The summed E-state index contributed by atoms with van der Waals surface area (Å²) in [5.41, 5.74) is 7.09. The maximum Gasteiger partial charge on any atom is 0.121 e. The van der Waals surface area contributed by atoms with Crippen molar-refractivity contribution in [2.45, 2.75) is 0 Å². The molecule has 2 N–H and O–H groups in total.